The van der Waals surface area contributed by atoms with Gasteiger partial charge in [0.2, 0.25) is 11.8 Å². The molecule has 33 heavy (non-hydrogen) atoms. The van der Waals surface area contributed by atoms with Crippen LogP contribution in [0.1, 0.15) is 71.1 Å². The minimum absolute atomic E-state index is 0.00365. The van der Waals surface area contributed by atoms with Crippen LogP contribution >= 0.6 is 0 Å². The molecule has 182 valence electrons. The van der Waals surface area contributed by atoms with Gasteiger partial charge in [0.05, 0.1) is 0 Å². The molecule has 0 aliphatic rings. The largest absolute Gasteiger partial charge is 0.480 e. The summed E-state index contributed by atoms with van der Waals surface area (Å²) in [5.74, 6) is -2.11. The second-order valence-electron chi connectivity index (χ2n) is 7.42. The molecule has 4 N–H and O–H groups in total. The molecular weight excluding hydrogens is 416 g/mol. The van der Waals surface area contributed by atoms with Gasteiger partial charge in [-0.25, -0.2) is 4.79 Å². The molecule has 0 fully saturated rings. The molecule has 6 nitrogen and oxygen atoms in total. The van der Waals surface area contributed by atoms with Gasteiger partial charge in [0.15, 0.2) is 0 Å². The van der Waals surface area contributed by atoms with E-state index in [1.807, 2.05) is 12.2 Å². The van der Waals surface area contributed by atoms with Gasteiger partial charge in [-0.05, 0) is 51.4 Å². The van der Waals surface area contributed by atoms with E-state index in [0.717, 1.165) is 38.5 Å². The van der Waals surface area contributed by atoms with Gasteiger partial charge in [-0.2, -0.15) is 0 Å². The topological polar surface area (TPSA) is 109 Å². The van der Waals surface area contributed by atoms with Crippen LogP contribution in [0.15, 0.2) is 72.9 Å². The molecule has 0 rings (SSSR count). The van der Waals surface area contributed by atoms with E-state index in [-0.39, 0.29) is 25.2 Å². The Morgan fingerprint density at radius 2 is 1.15 bits per heavy atom. The number of primary amides is 1. The Labute approximate surface area is 198 Å². The number of carboxylic acids is 1. The number of carboxylic acid groups (broad SMARTS) is 1. The molecule has 0 aromatic heterocycles. The Kier molecular flexibility index (Phi) is 20.0. The maximum Gasteiger partial charge on any atom is 0.326 e. The molecular formula is C27H40N2O4. The van der Waals surface area contributed by atoms with Gasteiger partial charge in [0.1, 0.15) is 6.04 Å². The molecule has 0 spiro atoms. The molecule has 0 aromatic carbocycles. The first-order valence-electron chi connectivity index (χ1n) is 11.7. The predicted octanol–water partition coefficient (Wildman–Crippen LogP) is 5.30. The molecule has 2 amide bonds. The maximum atomic E-state index is 11.8. The van der Waals surface area contributed by atoms with Crippen molar-refractivity contribution in [3.8, 4) is 0 Å². The van der Waals surface area contributed by atoms with E-state index < -0.39 is 17.9 Å². The summed E-state index contributed by atoms with van der Waals surface area (Å²) < 4.78 is 0. The molecule has 0 bridgehead atoms. The van der Waals surface area contributed by atoms with Crippen molar-refractivity contribution in [3.05, 3.63) is 72.9 Å². The van der Waals surface area contributed by atoms with Crippen molar-refractivity contribution in [2.75, 3.05) is 0 Å². The minimum Gasteiger partial charge on any atom is -0.480 e. The van der Waals surface area contributed by atoms with E-state index in [2.05, 4.69) is 73.0 Å². The lowest BCUT2D eigenvalue weighted by Crippen LogP contribution is -2.41. The van der Waals surface area contributed by atoms with Crippen LogP contribution in [0.2, 0.25) is 0 Å². The number of aliphatic carboxylic acids is 1. The number of hydrogen-bond donors (Lipinski definition) is 3. The number of nitrogens with two attached hydrogens (primary N) is 1. The third-order valence-corrected chi connectivity index (χ3v) is 4.45. The molecule has 1 atom stereocenters. The zero-order valence-corrected chi connectivity index (χ0v) is 19.8. The van der Waals surface area contributed by atoms with Crippen LogP contribution in [-0.2, 0) is 14.4 Å². The lowest BCUT2D eigenvalue weighted by atomic mass is 10.1. The van der Waals surface area contributed by atoms with Crippen LogP contribution in [0.25, 0.3) is 0 Å². The van der Waals surface area contributed by atoms with Gasteiger partial charge in [-0.15, -0.1) is 0 Å². The van der Waals surface area contributed by atoms with Crippen molar-refractivity contribution < 1.29 is 19.5 Å². The zero-order valence-electron chi connectivity index (χ0n) is 19.8. The van der Waals surface area contributed by atoms with E-state index in [0.29, 0.717) is 6.42 Å². The van der Waals surface area contributed by atoms with Crippen molar-refractivity contribution in [3.63, 3.8) is 0 Å². The van der Waals surface area contributed by atoms with Gasteiger partial charge in [-0.1, -0.05) is 79.8 Å². The maximum absolute atomic E-state index is 11.8. The number of carbonyl (C=O) groups is 3. The molecule has 0 aliphatic heterocycles. The fourth-order valence-corrected chi connectivity index (χ4v) is 2.66. The van der Waals surface area contributed by atoms with Gasteiger partial charge in [0.25, 0.3) is 0 Å². The van der Waals surface area contributed by atoms with E-state index in [1.165, 1.54) is 0 Å². The molecule has 0 saturated heterocycles. The second-order valence-corrected chi connectivity index (χ2v) is 7.42. The first-order valence-corrected chi connectivity index (χ1v) is 11.7. The van der Waals surface area contributed by atoms with Crippen LogP contribution in [-0.4, -0.2) is 28.9 Å². The van der Waals surface area contributed by atoms with Crippen molar-refractivity contribution in [2.45, 2.75) is 77.2 Å². The fourth-order valence-electron chi connectivity index (χ4n) is 2.66. The van der Waals surface area contributed by atoms with Crippen LogP contribution in [0.4, 0.5) is 0 Å². The highest BCUT2D eigenvalue weighted by Crippen LogP contribution is 2.01. The number of rotatable bonds is 19. The number of hydrogen-bond acceptors (Lipinski definition) is 3. The highest BCUT2D eigenvalue weighted by atomic mass is 16.4. The van der Waals surface area contributed by atoms with Crippen LogP contribution in [0.5, 0.6) is 0 Å². The van der Waals surface area contributed by atoms with Gasteiger partial charge < -0.3 is 16.2 Å². The van der Waals surface area contributed by atoms with Gasteiger partial charge >= 0.3 is 5.97 Å². The van der Waals surface area contributed by atoms with Crippen molar-refractivity contribution in [2.24, 2.45) is 5.73 Å². The summed E-state index contributed by atoms with van der Waals surface area (Å²) in [4.78, 5) is 33.7. The first kappa shape index (κ1) is 29.9. The lowest BCUT2D eigenvalue weighted by Gasteiger charge is -2.13. The van der Waals surface area contributed by atoms with Gasteiger partial charge in [-0.3, -0.25) is 9.59 Å². The quantitative estimate of drug-likeness (QED) is 0.229. The van der Waals surface area contributed by atoms with E-state index >= 15 is 0 Å². The minimum atomic E-state index is -1.17. The van der Waals surface area contributed by atoms with Crippen LogP contribution < -0.4 is 11.1 Å². The summed E-state index contributed by atoms with van der Waals surface area (Å²) in [5, 5.41) is 11.5. The van der Waals surface area contributed by atoms with Crippen molar-refractivity contribution in [1.82, 2.24) is 5.32 Å². The molecule has 0 radical (unpaired) electrons. The average molecular weight is 457 g/mol. The molecule has 0 aromatic rings. The summed E-state index contributed by atoms with van der Waals surface area (Å²) >= 11 is 0. The Bertz CT molecular complexity index is 730. The third-order valence-electron chi connectivity index (χ3n) is 4.45. The average Bonchev–Trinajstić information content (AvgIpc) is 2.77. The Hall–Kier alpha value is -3.15. The molecule has 0 aliphatic carbocycles. The zero-order chi connectivity index (χ0) is 24.6. The van der Waals surface area contributed by atoms with E-state index in [4.69, 9.17) is 10.8 Å². The molecule has 0 heterocycles. The van der Waals surface area contributed by atoms with Crippen molar-refractivity contribution in [1.29, 1.82) is 0 Å². The summed E-state index contributed by atoms with van der Waals surface area (Å²) in [6.07, 6.45) is 31.7. The standard InChI is InChI=1S/C27H40N2O4/c1-2-3-4-5-6-7-8-9-10-11-12-13-14-15-16-17-18-19-20-21-26(31)29-24(27(32)33)22-23-25(28)30/h3-4,6-7,9-10,12-13,15-16,18-19,24H,2,5,8,11,14,17,20-23H2,1H3,(H2,28,30)(H,29,31)(H,32,33)/b4-3+,7-6+,10-9+,13-12+,16-15+,19-18+. The summed E-state index contributed by atoms with van der Waals surface area (Å²) in [5.41, 5.74) is 5.02. The number of allylic oxidation sites excluding steroid dienone is 12. The highest BCUT2D eigenvalue weighted by molar-refractivity contribution is 5.84. The Morgan fingerprint density at radius 1 is 0.727 bits per heavy atom. The Morgan fingerprint density at radius 3 is 1.55 bits per heavy atom. The predicted molar refractivity (Wildman–Crippen MR) is 135 cm³/mol. The lowest BCUT2D eigenvalue weighted by molar-refractivity contribution is -0.142. The SMILES string of the molecule is CC/C=C/C/C=C/C/C=C/C/C=C/C/C=C/C/C=C/CCC(=O)NC(CCC(N)=O)C(=O)O. The number of carbonyl (C=O) groups excluding carboxylic acids is 2. The van der Waals surface area contributed by atoms with Crippen LogP contribution in [0, 0.1) is 0 Å². The molecule has 1 unspecified atom stereocenters. The number of amides is 2. The highest BCUT2D eigenvalue weighted by Gasteiger charge is 2.19. The smallest absolute Gasteiger partial charge is 0.326 e. The fraction of sp³-hybridized carbons (Fsp3) is 0.444. The summed E-state index contributed by atoms with van der Waals surface area (Å²) in [7, 11) is 0. The molecule has 6 heteroatoms. The summed E-state index contributed by atoms with van der Waals surface area (Å²) in [6, 6.07) is -1.09. The van der Waals surface area contributed by atoms with E-state index in [9.17, 15) is 14.4 Å². The number of nitrogens with one attached hydrogen (secondary N) is 1. The Balaban J connectivity index is 3.82. The summed E-state index contributed by atoms with van der Waals surface area (Å²) in [6.45, 7) is 2.14. The van der Waals surface area contributed by atoms with Crippen LogP contribution in [0.3, 0.4) is 0 Å². The first-order chi connectivity index (χ1) is 16.0. The second kappa shape index (κ2) is 22.1. The normalized spacial score (nSPS) is 13.4. The molecule has 0 saturated carbocycles. The van der Waals surface area contributed by atoms with E-state index in [1.54, 1.807) is 0 Å². The monoisotopic (exact) mass is 456 g/mol. The third kappa shape index (κ3) is 21.9. The van der Waals surface area contributed by atoms with Gasteiger partial charge in [0, 0.05) is 12.8 Å². The van der Waals surface area contributed by atoms with Crippen molar-refractivity contribution >= 4 is 17.8 Å².